The van der Waals surface area contributed by atoms with Crippen molar-refractivity contribution in [1.29, 1.82) is 0 Å². The zero-order chi connectivity index (χ0) is 16.9. The van der Waals surface area contributed by atoms with Crippen LogP contribution in [0.2, 0.25) is 0 Å². The normalized spacial score (nSPS) is 17.8. The zero-order valence-corrected chi connectivity index (χ0v) is 15.4. The Bertz CT molecular complexity index is 482. The van der Waals surface area contributed by atoms with Gasteiger partial charge in [-0.25, -0.2) is 0 Å². The molecule has 1 N–H and O–H groups in total. The van der Waals surface area contributed by atoms with Crippen molar-refractivity contribution in [3.8, 4) is 11.8 Å². The van der Waals surface area contributed by atoms with Crippen LogP contribution >= 0.6 is 11.8 Å². The first-order valence-corrected chi connectivity index (χ1v) is 9.13. The third-order valence-electron chi connectivity index (χ3n) is 4.98. The fraction of sp³-hybridized carbons (Fsp3) is 0.765. The fourth-order valence-corrected chi connectivity index (χ4v) is 4.42. The summed E-state index contributed by atoms with van der Waals surface area (Å²) in [7, 11) is 3.15. The van der Waals surface area contributed by atoms with E-state index in [0.29, 0.717) is 22.8 Å². The van der Waals surface area contributed by atoms with Crippen LogP contribution in [0, 0.1) is 11.3 Å². The number of aliphatic hydroxyl groups excluding tert-OH is 1. The lowest BCUT2D eigenvalue weighted by molar-refractivity contribution is 0.122. The van der Waals surface area contributed by atoms with Gasteiger partial charge >= 0.3 is 0 Å². The first-order valence-electron chi connectivity index (χ1n) is 8.25. The molecule has 23 heavy (non-hydrogen) atoms. The number of aromatic nitrogens is 2. The van der Waals surface area contributed by atoms with Crippen LogP contribution in [0.25, 0.3) is 0 Å². The Morgan fingerprint density at radius 1 is 1.17 bits per heavy atom. The number of aliphatic hydroxyl groups is 1. The van der Waals surface area contributed by atoms with E-state index >= 15 is 0 Å². The molecule has 1 heterocycles. The average molecular weight is 340 g/mol. The molecule has 0 bridgehead atoms. The van der Waals surface area contributed by atoms with Gasteiger partial charge in [-0.2, -0.15) is 9.97 Å². The number of ether oxygens (including phenoxy) is 2. The first kappa shape index (κ1) is 18.3. The highest BCUT2D eigenvalue weighted by Gasteiger charge is 2.38. The quantitative estimate of drug-likeness (QED) is 0.605. The van der Waals surface area contributed by atoms with Crippen LogP contribution in [0.1, 0.15) is 46.0 Å². The van der Waals surface area contributed by atoms with Crippen LogP contribution in [0.15, 0.2) is 11.2 Å². The van der Waals surface area contributed by atoms with Gasteiger partial charge in [-0.15, -0.1) is 0 Å². The summed E-state index contributed by atoms with van der Waals surface area (Å²) < 4.78 is 10.4. The Hall–Kier alpha value is -1.01. The molecule has 0 amide bonds. The number of thioether (sulfide) groups is 1. The second-order valence-corrected chi connectivity index (χ2v) is 7.85. The zero-order valence-electron chi connectivity index (χ0n) is 14.5. The second kappa shape index (κ2) is 8.20. The molecule has 130 valence electrons. The highest BCUT2D eigenvalue weighted by Crippen LogP contribution is 2.46. The molecule has 1 aliphatic rings. The number of methoxy groups -OCH3 is 2. The van der Waals surface area contributed by atoms with Gasteiger partial charge in [-0.05, 0) is 24.2 Å². The molecule has 0 spiro atoms. The minimum Gasteiger partial charge on any atom is -0.481 e. The highest BCUT2D eigenvalue weighted by atomic mass is 32.2. The lowest BCUT2D eigenvalue weighted by atomic mass is 9.69. The van der Waals surface area contributed by atoms with Gasteiger partial charge in [0, 0.05) is 5.25 Å². The van der Waals surface area contributed by atoms with E-state index in [9.17, 15) is 5.11 Å². The summed E-state index contributed by atoms with van der Waals surface area (Å²) in [5.74, 6) is 1.59. The van der Waals surface area contributed by atoms with Crippen molar-refractivity contribution < 1.29 is 14.6 Å². The lowest BCUT2D eigenvalue weighted by Gasteiger charge is -2.41. The second-order valence-electron chi connectivity index (χ2n) is 6.68. The van der Waals surface area contributed by atoms with Crippen LogP contribution < -0.4 is 9.47 Å². The SMILES string of the molecule is COc1cc(OC)nc(SC(CO)C(C)(C)C2CCCCC2)n1. The molecule has 1 atom stereocenters. The minimum absolute atomic E-state index is 0.0273. The molecular formula is C17H28N2O3S. The van der Waals surface area contributed by atoms with Gasteiger partial charge in [0.15, 0.2) is 5.16 Å². The van der Waals surface area contributed by atoms with E-state index in [1.807, 2.05) is 0 Å². The van der Waals surface area contributed by atoms with Crippen LogP contribution in [0.3, 0.4) is 0 Å². The van der Waals surface area contributed by atoms with Gasteiger partial charge in [0.25, 0.3) is 0 Å². The van der Waals surface area contributed by atoms with Crippen molar-refractivity contribution in [3.05, 3.63) is 6.07 Å². The molecule has 1 fully saturated rings. The van der Waals surface area contributed by atoms with E-state index in [4.69, 9.17) is 9.47 Å². The molecule has 1 aromatic heterocycles. The van der Waals surface area contributed by atoms with Gasteiger partial charge in [0.2, 0.25) is 11.8 Å². The topological polar surface area (TPSA) is 64.5 Å². The molecule has 0 saturated heterocycles. The Labute approximate surface area is 143 Å². The summed E-state index contributed by atoms with van der Waals surface area (Å²) in [6.45, 7) is 4.62. The summed E-state index contributed by atoms with van der Waals surface area (Å²) in [6.07, 6.45) is 6.40. The maximum absolute atomic E-state index is 9.97. The lowest BCUT2D eigenvalue weighted by Crippen LogP contribution is -2.38. The summed E-state index contributed by atoms with van der Waals surface area (Å²) >= 11 is 1.52. The van der Waals surface area contributed by atoms with Gasteiger partial charge < -0.3 is 14.6 Å². The van der Waals surface area contributed by atoms with E-state index in [1.165, 1.54) is 43.9 Å². The van der Waals surface area contributed by atoms with E-state index in [2.05, 4.69) is 23.8 Å². The standard InChI is InChI=1S/C17H28N2O3S/c1-17(2,12-8-6-5-7-9-12)13(11-20)23-16-18-14(21-3)10-15(19-16)22-4/h10,12-13,20H,5-9,11H2,1-4H3. The van der Waals surface area contributed by atoms with E-state index in [-0.39, 0.29) is 17.3 Å². The number of hydrogen-bond donors (Lipinski definition) is 1. The highest BCUT2D eigenvalue weighted by molar-refractivity contribution is 7.99. The van der Waals surface area contributed by atoms with Crippen LogP contribution in [0.4, 0.5) is 0 Å². The molecule has 1 aliphatic carbocycles. The molecule has 0 radical (unpaired) electrons. The fourth-order valence-electron chi connectivity index (χ4n) is 3.31. The average Bonchev–Trinajstić information content (AvgIpc) is 2.59. The number of rotatable bonds is 7. The molecule has 1 saturated carbocycles. The monoisotopic (exact) mass is 340 g/mol. The molecule has 2 rings (SSSR count). The van der Waals surface area contributed by atoms with E-state index in [0.717, 1.165) is 0 Å². The minimum atomic E-state index is 0.0273. The van der Waals surface area contributed by atoms with Crippen molar-refractivity contribution in [2.75, 3.05) is 20.8 Å². The summed E-state index contributed by atoms with van der Waals surface area (Å²) in [5.41, 5.74) is 0.0273. The van der Waals surface area contributed by atoms with Crippen LogP contribution in [-0.4, -0.2) is 41.2 Å². The third kappa shape index (κ3) is 4.51. The Morgan fingerprint density at radius 2 is 1.74 bits per heavy atom. The van der Waals surface area contributed by atoms with E-state index < -0.39 is 0 Å². The third-order valence-corrected chi connectivity index (χ3v) is 6.41. The Balaban J connectivity index is 2.17. The smallest absolute Gasteiger partial charge is 0.220 e. The van der Waals surface area contributed by atoms with Crippen molar-refractivity contribution in [2.24, 2.45) is 11.3 Å². The van der Waals surface area contributed by atoms with Gasteiger partial charge in [-0.3, -0.25) is 0 Å². The predicted molar refractivity (Wildman–Crippen MR) is 92.2 cm³/mol. The maximum Gasteiger partial charge on any atom is 0.220 e. The van der Waals surface area contributed by atoms with Gasteiger partial charge in [0.05, 0.1) is 26.9 Å². The number of hydrogen-bond acceptors (Lipinski definition) is 6. The first-order chi connectivity index (χ1) is 11.0. The molecule has 5 nitrogen and oxygen atoms in total. The Kier molecular flexibility index (Phi) is 6.53. The summed E-state index contributed by atoms with van der Waals surface area (Å²) in [6, 6.07) is 1.66. The van der Waals surface area contributed by atoms with E-state index in [1.54, 1.807) is 20.3 Å². The molecule has 0 aliphatic heterocycles. The Morgan fingerprint density at radius 3 is 2.22 bits per heavy atom. The van der Waals surface area contributed by atoms with Gasteiger partial charge in [-0.1, -0.05) is 44.9 Å². The van der Waals surface area contributed by atoms with Crippen molar-refractivity contribution in [1.82, 2.24) is 9.97 Å². The summed E-state index contributed by atoms with van der Waals surface area (Å²) in [5, 5.41) is 10.6. The van der Waals surface area contributed by atoms with Crippen molar-refractivity contribution in [2.45, 2.75) is 56.4 Å². The molecule has 1 unspecified atom stereocenters. The molecule has 6 heteroatoms. The predicted octanol–water partition coefficient (Wildman–Crippen LogP) is 3.55. The maximum atomic E-state index is 9.97. The molecule has 1 aromatic rings. The van der Waals surface area contributed by atoms with Crippen LogP contribution in [-0.2, 0) is 0 Å². The largest absolute Gasteiger partial charge is 0.481 e. The van der Waals surface area contributed by atoms with Gasteiger partial charge in [0.1, 0.15) is 0 Å². The van der Waals surface area contributed by atoms with Crippen molar-refractivity contribution in [3.63, 3.8) is 0 Å². The molecule has 0 aromatic carbocycles. The number of nitrogens with zero attached hydrogens (tertiary/aromatic N) is 2. The molecular weight excluding hydrogens is 312 g/mol. The summed E-state index contributed by atoms with van der Waals surface area (Å²) in [4.78, 5) is 8.77. The van der Waals surface area contributed by atoms with Crippen molar-refractivity contribution >= 4 is 11.8 Å². The van der Waals surface area contributed by atoms with Crippen LogP contribution in [0.5, 0.6) is 11.8 Å².